The minimum atomic E-state index is -3.58. The summed E-state index contributed by atoms with van der Waals surface area (Å²) in [6.07, 6.45) is 1.79. The van der Waals surface area contributed by atoms with Gasteiger partial charge in [-0.1, -0.05) is 17.7 Å². The Hall–Kier alpha value is -2.38. The zero-order valence-electron chi connectivity index (χ0n) is 14.4. The summed E-state index contributed by atoms with van der Waals surface area (Å²) < 4.78 is 24.6. The molecule has 2 aromatic rings. The van der Waals surface area contributed by atoms with E-state index in [-0.39, 0.29) is 29.0 Å². The molecule has 3 rings (SSSR count). The minimum absolute atomic E-state index is 0.124. The maximum atomic E-state index is 12.3. The number of nitrogens with one attached hydrogen (secondary N) is 2. The lowest BCUT2D eigenvalue weighted by atomic mass is 10.2. The number of hydrogen-bond acceptors (Lipinski definition) is 4. The van der Waals surface area contributed by atoms with Crippen LogP contribution in [0.4, 0.5) is 5.69 Å². The SMILES string of the molecule is O=C(CCS(=O)(=O)c1ccc(Cl)cc1)Nc1cccc(C(=O)NC2CC2)c1. The van der Waals surface area contributed by atoms with Crippen molar-refractivity contribution in [1.82, 2.24) is 5.32 Å². The predicted octanol–water partition coefficient (Wildman–Crippen LogP) is 3.03. The number of amides is 2. The molecule has 0 heterocycles. The second-order valence-corrected chi connectivity index (χ2v) is 8.95. The van der Waals surface area contributed by atoms with Gasteiger partial charge in [0.2, 0.25) is 5.91 Å². The number of carbonyl (C=O) groups is 2. The van der Waals surface area contributed by atoms with Gasteiger partial charge in [0, 0.05) is 28.7 Å². The molecule has 0 spiro atoms. The van der Waals surface area contributed by atoms with Crippen LogP contribution in [-0.4, -0.2) is 32.0 Å². The molecule has 1 aliphatic rings. The van der Waals surface area contributed by atoms with E-state index < -0.39 is 15.7 Å². The molecule has 0 aliphatic heterocycles. The van der Waals surface area contributed by atoms with Gasteiger partial charge in [-0.3, -0.25) is 9.59 Å². The quantitative estimate of drug-likeness (QED) is 0.739. The highest BCUT2D eigenvalue weighted by Gasteiger charge is 2.24. The molecule has 2 N–H and O–H groups in total. The zero-order valence-corrected chi connectivity index (χ0v) is 16.0. The third kappa shape index (κ3) is 5.55. The van der Waals surface area contributed by atoms with Gasteiger partial charge in [-0.05, 0) is 55.3 Å². The standard InChI is InChI=1S/C19H19ClN2O4S/c20-14-4-8-17(9-5-14)27(25,26)11-10-18(23)21-16-3-1-2-13(12-16)19(24)22-15-6-7-15/h1-5,8-9,12,15H,6-7,10-11H2,(H,21,23)(H,22,24). The Bertz CT molecular complexity index is 954. The highest BCUT2D eigenvalue weighted by Crippen LogP contribution is 2.20. The first-order valence-corrected chi connectivity index (χ1v) is 10.6. The first kappa shape index (κ1) is 19.4. The molecule has 0 bridgehead atoms. The van der Waals surface area contributed by atoms with Gasteiger partial charge in [0.15, 0.2) is 9.84 Å². The molecule has 1 fully saturated rings. The van der Waals surface area contributed by atoms with Crippen molar-refractivity contribution in [2.75, 3.05) is 11.1 Å². The van der Waals surface area contributed by atoms with Gasteiger partial charge in [-0.15, -0.1) is 0 Å². The molecule has 8 heteroatoms. The Morgan fingerprint density at radius 2 is 1.78 bits per heavy atom. The second kappa shape index (κ2) is 8.10. The molecule has 0 radical (unpaired) electrons. The van der Waals surface area contributed by atoms with E-state index in [0.29, 0.717) is 16.3 Å². The lowest BCUT2D eigenvalue weighted by Crippen LogP contribution is -2.25. The van der Waals surface area contributed by atoms with Crippen molar-refractivity contribution in [1.29, 1.82) is 0 Å². The fourth-order valence-corrected chi connectivity index (χ4v) is 3.81. The Labute approximate surface area is 162 Å². The van der Waals surface area contributed by atoms with E-state index in [9.17, 15) is 18.0 Å². The van der Waals surface area contributed by atoms with E-state index in [1.807, 2.05) is 0 Å². The number of sulfone groups is 1. The number of rotatable bonds is 7. The van der Waals surface area contributed by atoms with Crippen LogP contribution in [0.3, 0.4) is 0 Å². The third-order valence-corrected chi connectivity index (χ3v) is 6.08. The summed E-state index contributed by atoms with van der Waals surface area (Å²) in [6, 6.07) is 12.6. The van der Waals surface area contributed by atoms with Crippen molar-refractivity contribution < 1.29 is 18.0 Å². The Morgan fingerprint density at radius 3 is 2.44 bits per heavy atom. The Balaban J connectivity index is 1.57. The van der Waals surface area contributed by atoms with Gasteiger partial charge in [-0.2, -0.15) is 0 Å². The van der Waals surface area contributed by atoms with E-state index >= 15 is 0 Å². The summed E-state index contributed by atoms with van der Waals surface area (Å²) in [6.45, 7) is 0. The van der Waals surface area contributed by atoms with Gasteiger partial charge >= 0.3 is 0 Å². The van der Waals surface area contributed by atoms with Gasteiger partial charge < -0.3 is 10.6 Å². The second-order valence-electron chi connectivity index (χ2n) is 6.40. The van der Waals surface area contributed by atoms with Crippen LogP contribution in [0.2, 0.25) is 5.02 Å². The molecule has 27 heavy (non-hydrogen) atoms. The van der Waals surface area contributed by atoms with Crippen LogP contribution in [-0.2, 0) is 14.6 Å². The molecular formula is C19H19ClN2O4S. The van der Waals surface area contributed by atoms with E-state index in [2.05, 4.69) is 10.6 Å². The monoisotopic (exact) mass is 406 g/mol. The van der Waals surface area contributed by atoms with Gasteiger partial charge in [0.25, 0.3) is 5.91 Å². The summed E-state index contributed by atoms with van der Waals surface area (Å²) in [7, 11) is -3.58. The van der Waals surface area contributed by atoms with Crippen LogP contribution in [0.1, 0.15) is 29.6 Å². The summed E-state index contributed by atoms with van der Waals surface area (Å²) in [4.78, 5) is 24.3. The zero-order chi connectivity index (χ0) is 19.4. The largest absolute Gasteiger partial charge is 0.349 e. The smallest absolute Gasteiger partial charge is 0.251 e. The number of anilines is 1. The number of halogens is 1. The first-order valence-electron chi connectivity index (χ1n) is 8.52. The van der Waals surface area contributed by atoms with Crippen molar-refractivity contribution in [3.8, 4) is 0 Å². The van der Waals surface area contributed by atoms with E-state index in [1.165, 1.54) is 24.3 Å². The van der Waals surface area contributed by atoms with E-state index in [0.717, 1.165) is 12.8 Å². The van der Waals surface area contributed by atoms with Crippen LogP contribution in [0.25, 0.3) is 0 Å². The first-order chi connectivity index (χ1) is 12.8. The fraction of sp³-hybridized carbons (Fsp3) is 0.263. The minimum Gasteiger partial charge on any atom is -0.349 e. The number of benzene rings is 2. The predicted molar refractivity (Wildman–Crippen MR) is 104 cm³/mol. The number of carbonyl (C=O) groups excluding carboxylic acids is 2. The maximum absolute atomic E-state index is 12.3. The summed E-state index contributed by atoms with van der Waals surface area (Å²) >= 11 is 5.76. The number of hydrogen-bond donors (Lipinski definition) is 2. The summed E-state index contributed by atoms with van der Waals surface area (Å²) in [5.41, 5.74) is 0.904. The van der Waals surface area contributed by atoms with Gasteiger partial charge in [0.1, 0.15) is 0 Å². The fourth-order valence-electron chi connectivity index (χ4n) is 2.44. The Morgan fingerprint density at radius 1 is 1.07 bits per heavy atom. The highest BCUT2D eigenvalue weighted by atomic mass is 35.5. The molecule has 0 unspecified atom stereocenters. The lowest BCUT2D eigenvalue weighted by Gasteiger charge is -2.08. The molecule has 2 amide bonds. The van der Waals surface area contributed by atoms with Crippen molar-refractivity contribution in [2.24, 2.45) is 0 Å². The van der Waals surface area contributed by atoms with Gasteiger partial charge in [-0.25, -0.2) is 8.42 Å². The highest BCUT2D eigenvalue weighted by molar-refractivity contribution is 7.91. The average Bonchev–Trinajstić information content (AvgIpc) is 3.45. The van der Waals surface area contributed by atoms with Crippen molar-refractivity contribution in [3.63, 3.8) is 0 Å². The van der Waals surface area contributed by atoms with Gasteiger partial charge in [0.05, 0.1) is 10.6 Å². The molecule has 0 saturated heterocycles. The Kier molecular flexibility index (Phi) is 5.82. The summed E-state index contributed by atoms with van der Waals surface area (Å²) in [5, 5.41) is 5.95. The molecule has 2 aromatic carbocycles. The lowest BCUT2D eigenvalue weighted by molar-refractivity contribution is -0.115. The molecule has 142 valence electrons. The van der Waals surface area contributed by atoms with E-state index in [1.54, 1.807) is 24.3 Å². The topological polar surface area (TPSA) is 92.3 Å². The molecule has 0 aromatic heterocycles. The van der Waals surface area contributed by atoms with Crippen LogP contribution in [0.5, 0.6) is 0 Å². The third-order valence-electron chi connectivity index (χ3n) is 4.09. The summed E-state index contributed by atoms with van der Waals surface area (Å²) in [5.74, 6) is -0.936. The molecular weight excluding hydrogens is 388 g/mol. The average molecular weight is 407 g/mol. The van der Waals surface area contributed by atoms with Crippen LogP contribution >= 0.6 is 11.6 Å². The molecule has 1 saturated carbocycles. The van der Waals surface area contributed by atoms with Crippen LogP contribution < -0.4 is 10.6 Å². The van der Waals surface area contributed by atoms with E-state index in [4.69, 9.17) is 11.6 Å². The normalized spacial score (nSPS) is 13.8. The van der Waals surface area contributed by atoms with Crippen molar-refractivity contribution in [3.05, 3.63) is 59.1 Å². The molecule has 0 atom stereocenters. The van der Waals surface area contributed by atoms with Crippen LogP contribution in [0.15, 0.2) is 53.4 Å². The van der Waals surface area contributed by atoms with Crippen molar-refractivity contribution >= 4 is 38.9 Å². The maximum Gasteiger partial charge on any atom is 0.251 e. The molecule has 6 nitrogen and oxygen atoms in total. The van der Waals surface area contributed by atoms with Crippen molar-refractivity contribution in [2.45, 2.75) is 30.2 Å². The molecule has 1 aliphatic carbocycles. The van der Waals surface area contributed by atoms with Crippen LogP contribution in [0, 0.1) is 0 Å².